The minimum absolute atomic E-state index is 0.189. The van der Waals surface area contributed by atoms with E-state index in [9.17, 15) is 9.50 Å². The second-order valence-electron chi connectivity index (χ2n) is 5.09. The van der Waals surface area contributed by atoms with Gasteiger partial charge in [-0.2, -0.15) is 0 Å². The second kappa shape index (κ2) is 6.27. The molecule has 1 aliphatic heterocycles. The Kier molecular flexibility index (Phi) is 4.69. The smallest absolute Gasteiger partial charge is 0.123 e. The number of hydrogen-bond donors (Lipinski definition) is 1. The lowest BCUT2D eigenvalue weighted by Gasteiger charge is -2.21. The zero-order valence-electron chi connectivity index (χ0n) is 10.8. The summed E-state index contributed by atoms with van der Waals surface area (Å²) >= 11 is 0. The van der Waals surface area contributed by atoms with Gasteiger partial charge in [0.05, 0.1) is 6.10 Å². The number of hydrogen-bond acceptors (Lipinski definition) is 3. The molecule has 0 aliphatic carbocycles. The third-order valence-electron chi connectivity index (χ3n) is 3.42. The number of aliphatic hydroxyl groups excluding tert-OH is 1. The van der Waals surface area contributed by atoms with Crippen molar-refractivity contribution in [3.63, 3.8) is 0 Å². The SMILES string of the molecule is CN1CCN(CCc2ccc(F)cc2)CC(O)C1. The van der Waals surface area contributed by atoms with Gasteiger partial charge < -0.3 is 10.0 Å². The number of likely N-dealkylation sites (N-methyl/N-ethyl adjacent to an activating group) is 1. The van der Waals surface area contributed by atoms with Gasteiger partial charge in [0.2, 0.25) is 0 Å². The third kappa shape index (κ3) is 4.05. The lowest BCUT2D eigenvalue weighted by molar-refractivity contribution is 0.116. The number of rotatable bonds is 3. The summed E-state index contributed by atoms with van der Waals surface area (Å²) in [5.74, 6) is -0.189. The van der Waals surface area contributed by atoms with E-state index >= 15 is 0 Å². The van der Waals surface area contributed by atoms with Crippen LogP contribution in [0.4, 0.5) is 4.39 Å². The average Bonchev–Trinajstić information content (AvgIpc) is 2.49. The molecule has 1 atom stereocenters. The van der Waals surface area contributed by atoms with Crippen LogP contribution in [0.1, 0.15) is 5.56 Å². The fourth-order valence-corrected chi connectivity index (χ4v) is 2.35. The van der Waals surface area contributed by atoms with E-state index in [4.69, 9.17) is 0 Å². The van der Waals surface area contributed by atoms with Crippen LogP contribution in [-0.4, -0.2) is 60.8 Å². The maximum atomic E-state index is 12.8. The van der Waals surface area contributed by atoms with Gasteiger partial charge in [-0.25, -0.2) is 4.39 Å². The van der Waals surface area contributed by atoms with Gasteiger partial charge in [0.1, 0.15) is 5.82 Å². The number of nitrogens with zero attached hydrogens (tertiary/aromatic N) is 2. The fourth-order valence-electron chi connectivity index (χ4n) is 2.35. The van der Waals surface area contributed by atoms with Crippen LogP contribution in [0.5, 0.6) is 0 Å². The summed E-state index contributed by atoms with van der Waals surface area (Å²) in [5.41, 5.74) is 1.14. The number of aliphatic hydroxyl groups is 1. The zero-order chi connectivity index (χ0) is 13.0. The molecule has 1 N–H and O–H groups in total. The number of benzene rings is 1. The van der Waals surface area contributed by atoms with E-state index in [0.29, 0.717) is 0 Å². The molecule has 1 aromatic rings. The van der Waals surface area contributed by atoms with Gasteiger partial charge in [-0.1, -0.05) is 12.1 Å². The van der Waals surface area contributed by atoms with Crippen LogP contribution in [0.2, 0.25) is 0 Å². The average molecular weight is 252 g/mol. The summed E-state index contributed by atoms with van der Waals surface area (Å²) in [6.45, 7) is 4.35. The summed E-state index contributed by atoms with van der Waals surface area (Å²) in [7, 11) is 2.03. The largest absolute Gasteiger partial charge is 0.390 e. The molecule has 18 heavy (non-hydrogen) atoms. The molecule has 0 saturated carbocycles. The molecule has 0 radical (unpaired) electrons. The maximum absolute atomic E-state index is 12.8. The summed E-state index contributed by atoms with van der Waals surface area (Å²) < 4.78 is 12.8. The molecule has 1 unspecified atom stereocenters. The summed E-state index contributed by atoms with van der Waals surface area (Å²) in [5, 5.41) is 9.83. The van der Waals surface area contributed by atoms with E-state index in [1.165, 1.54) is 12.1 Å². The standard InChI is InChI=1S/C14H21FN2O/c1-16-8-9-17(11-14(18)10-16)7-6-12-2-4-13(15)5-3-12/h2-5,14,18H,6-11H2,1H3. The third-order valence-corrected chi connectivity index (χ3v) is 3.42. The molecule has 0 spiro atoms. The highest BCUT2D eigenvalue weighted by atomic mass is 19.1. The Labute approximate surface area is 108 Å². The molecule has 0 aromatic heterocycles. The molecule has 4 heteroatoms. The van der Waals surface area contributed by atoms with Crippen LogP contribution < -0.4 is 0 Å². The van der Waals surface area contributed by atoms with Crippen molar-refractivity contribution in [3.8, 4) is 0 Å². The molecule has 2 rings (SSSR count). The predicted molar refractivity (Wildman–Crippen MR) is 70.0 cm³/mol. The van der Waals surface area contributed by atoms with E-state index < -0.39 is 0 Å². The Morgan fingerprint density at radius 2 is 1.94 bits per heavy atom. The van der Waals surface area contributed by atoms with Crippen LogP contribution >= 0.6 is 0 Å². The first kappa shape index (κ1) is 13.5. The first-order valence-electron chi connectivity index (χ1n) is 6.47. The Morgan fingerprint density at radius 3 is 2.67 bits per heavy atom. The van der Waals surface area contributed by atoms with Gasteiger partial charge in [0, 0.05) is 32.7 Å². The van der Waals surface area contributed by atoms with Crippen molar-refractivity contribution in [1.82, 2.24) is 9.80 Å². The molecule has 1 fully saturated rings. The molecule has 3 nitrogen and oxygen atoms in total. The van der Waals surface area contributed by atoms with E-state index in [1.807, 2.05) is 19.2 Å². The molecule has 0 bridgehead atoms. The van der Waals surface area contributed by atoms with Crippen molar-refractivity contribution in [1.29, 1.82) is 0 Å². The molecule has 1 aromatic carbocycles. The van der Waals surface area contributed by atoms with Gasteiger partial charge in [0.25, 0.3) is 0 Å². The van der Waals surface area contributed by atoms with Crippen molar-refractivity contribution in [2.45, 2.75) is 12.5 Å². The normalized spacial score (nSPS) is 22.9. The topological polar surface area (TPSA) is 26.7 Å². The van der Waals surface area contributed by atoms with E-state index in [-0.39, 0.29) is 11.9 Å². The fraction of sp³-hybridized carbons (Fsp3) is 0.571. The van der Waals surface area contributed by atoms with Crippen LogP contribution in [0.25, 0.3) is 0 Å². The molecule has 0 amide bonds. The molecular formula is C14H21FN2O. The van der Waals surface area contributed by atoms with Gasteiger partial charge in [-0.15, -0.1) is 0 Å². The Morgan fingerprint density at radius 1 is 1.22 bits per heavy atom. The minimum Gasteiger partial charge on any atom is -0.390 e. The van der Waals surface area contributed by atoms with Gasteiger partial charge >= 0.3 is 0 Å². The van der Waals surface area contributed by atoms with E-state index in [1.54, 1.807) is 0 Å². The quantitative estimate of drug-likeness (QED) is 0.868. The summed E-state index contributed by atoms with van der Waals surface area (Å²) in [6, 6.07) is 6.66. The van der Waals surface area contributed by atoms with Crippen LogP contribution in [-0.2, 0) is 6.42 Å². The van der Waals surface area contributed by atoms with Crippen molar-refractivity contribution in [2.75, 3.05) is 39.8 Å². The number of β-amino-alcohol motifs (C(OH)–C–C–N with tert-alkyl or cyclic N) is 1. The minimum atomic E-state index is -0.272. The lowest BCUT2D eigenvalue weighted by atomic mass is 10.1. The highest BCUT2D eigenvalue weighted by Crippen LogP contribution is 2.07. The molecular weight excluding hydrogens is 231 g/mol. The van der Waals surface area contributed by atoms with E-state index in [2.05, 4.69) is 9.80 Å². The predicted octanol–water partition coefficient (Wildman–Crippen LogP) is 0.976. The molecule has 1 heterocycles. The first-order chi connectivity index (χ1) is 8.63. The summed E-state index contributed by atoms with van der Waals surface area (Å²) in [6.07, 6.45) is 0.627. The van der Waals surface area contributed by atoms with Crippen molar-refractivity contribution < 1.29 is 9.50 Å². The summed E-state index contributed by atoms with van der Waals surface area (Å²) in [4.78, 5) is 4.43. The van der Waals surface area contributed by atoms with E-state index in [0.717, 1.165) is 44.7 Å². The van der Waals surface area contributed by atoms with Crippen molar-refractivity contribution in [3.05, 3.63) is 35.6 Å². The highest BCUT2D eigenvalue weighted by molar-refractivity contribution is 5.16. The zero-order valence-corrected chi connectivity index (χ0v) is 10.8. The monoisotopic (exact) mass is 252 g/mol. The Hall–Kier alpha value is -0.970. The van der Waals surface area contributed by atoms with Crippen molar-refractivity contribution in [2.24, 2.45) is 0 Å². The Balaban J connectivity index is 1.84. The van der Waals surface area contributed by atoms with Crippen molar-refractivity contribution >= 4 is 0 Å². The number of halogens is 1. The maximum Gasteiger partial charge on any atom is 0.123 e. The molecule has 1 saturated heterocycles. The lowest BCUT2D eigenvalue weighted by Crippen LogP contribution is -2.34. The molecule has 100 valence electrons. The molecule has 1 aliphatic rings. The van der Waals surface area contributed by atoms with Crippen LogP contribution in [0, 0.1) is 5.82 Å². The van der Waals surface area contributed by atoms with Crippen LogP contribution in [0.3, 0.4) is 0 Å². The van der Waals surface area contributed by atoms with Gasteiger partial charge in [-0.05, 0) is 31.2 Å². The second-order valence-corrected chi connectivity index (χ2v) is 5.09. The Bertz CT molecular complexity index is 369. The first-order valence-corrected chi connectivity index (χ1v) is 6.47. The van der Waals surface area contributed by atoms with Crippen LogP contribution in [0.15, 0.2) is 24.3 Å². The van der Waals surface area contributed by atoms with Gasteiger partial charge in [0.15, 0.2) is 0 Å². The highest BCUT2D eigenvalue weighted by Gasteiger charge is 2.18. The van der Waals surface area contributed by atoms with Gasteiger partial charge in [-0.3, -0.25) is 4.90 Å².